The molecule has 5 nitrogen and oxygen atoms in total. The molecule has 0 spiro atoms. The van der Waals surface area contributed by atoms with Crippen molar-refractivity contribution in [3.63, 3.8) is 0 Å². The van der Waals surface area contributed by atoms with Crippen LogP contribution in [0.2, 0.25) is 5.02 Å². The van der Waals surface area contributed by atoms with Crippen molar-refractivity contribution in [2.75, 3.05) is 5.32 Å². The van der Waals surface area contributed by atoms with Gasteiger partial charge in [0.15, 0.2) is 0 Å². The highest BCUT2D eigenvalue weighted by Gasteiger charge is 2.23. The van der Waals surface area contributed by atoms with E-state index < -0.39 is 5.97 Å². The number of rotatable bonds is 3. The summed E-state index contributed by atoms with van der Waals surface area (Å²) in [6, 6.07) is 4.09. The van der Waals surface area contributed by atoms with Crippen LogP contribution in [-0.2, 0) is 4.79 Å². The Kier molecular flexibility index (Phi) is 3.87. The zero-order valence-corrected chi connectivity index (χ0v) is 10.7. The summed E-state index contributed by atoms with van der Waals surface area (Å²) < 4.78 is 0. The zero-order valence-electron chi connectivity index (χ0n) is 9.97. The van der Waals surface area contributed by atoms with Crippen LogP contribution in [0.25, 0.3) is 0 Å². The van der Waals surface area contributed by atoms with Crippen molar-refractivity contribution < 1.29 is 14.7 Å². The number of amides is 1. The third-order valence-corrected chi connectivity index (χ3v) is 3.08. The van der Waals surface area contributed by atoms with Gasteiger partial charge in [-0.15, -0.1) is 0 Å². The fourth-order valence-electron chi connectivity index (χ4n) is 1.94. The first-order valence-corrected chi connectivity index (χ1v) is 6.12. The second-order valence-electron chi connectivity index (χ2n) is 4.41. The van der Waals surface area contributed by atoms with Gasteiger partial charge in [-0.3, -0.25) is 4.79 Å². The average molecular weight is 281 g/mol. The lowest BCUT2D eigenvalue weighted by molar-refractivity contribution is -0.118. The summed E-state index contributed by atoms with van der Waals surface area (Å²) in [5.74, 6) is -1.61. The molecular weight excluding hydrogens is 268 g/mol. The van der Waals surface area contributed by atoms with Gasteiger partial charge in [0.25, 0.3) is 0 Å². The number of nitrogens with two attached hydrogens (primary N) is 1. The third kappa shape index (κ3) is 3.33. The predicted octanol–water partition coefficient (Wildman–Crippen LogP) is 1.88. The lowest BCUT2D eigenvalue weighted by Gasteiger charge is -2.11. The molecule has 4 N–H and O–H groups in total. The summed E-state index contributed by atoms with van der Waals surface area (Å²) in [4.78, 5) is 22.8. The number of carbonyl (C=O) groups is 2. The van der Waals surface area contributed by atoms with Gasteiger partial charge in [-0.2, -0.15) is 0 Å². The molecule has 2 rings (SSSR count). The Morgan fingerprint density at radius 2 is 2.05 bits per heavy atom. The number of hydrogen-bond donors (Lipinski definition) is 3. The lowest BCUT2D eigenvalue weighted by atomic mass is 10.1. The van der Waals surface area contributed by atoms with E-state index in [1.54, 1.807) is 12.2 Å². The van der Waals surface area contributed by atoms with Crippen molar-refractivity contribution in [2.24, 2.45) is 11.7 Å². The van der Waals surface area contributed by atoms with Crippen LogP contribution in [0.3, 0.4) is 0 Å². The Morgan fingerprint density at radius 1 is 1.32 bits per heavy atom. The topological polar surface area (TPSA) is 92.4 Å². The van der Waals surface area contributed by atoms with E-state index in [1.165, 1.54) is 18.2 Å². The predicted molar refractivity (Wildman–Crippen MR) is 72.3 cm³/mol. The van der Waals surface area contributed by atoms with Gasteiger partial charge in [-0.05, 0) is 24.6 Å². The van der Waals surface area contributed by atoms with Gasteiger partial charge in [0.05, 0.1) is 11.5 Å². The second-order valence-corrected chi connectivity index (χ2v) is 4.85. The zero-order chi connectivity index (χ0) is 14.0. The Balaban J connectivity index is 2.13. The summed E-state index contributed by atoms with van der Waals surface area (Å²) in [7, 11) is 0. The summed E-state index contributed by atoms with van der Waals surface area (Å²) in [6.07, 6.45) is 4.09. The number of aromatic carboxylic acids is 1. The molecule has 0 saturated carbocycles. The van der Waals surface area contributed by atoms with Gasteiger partial charge >= 0.3 is 5.97 Å². The number of carbonyl (C=O) groups excluding carboxylic acids is 1. The molecule has 0 fully saturated rings. The molecule has 0 bridgehead atoms. The van der Waals surface area contributed by atoms with Crippen LogP contribution in [0.5, 0.6) is 0 Å². The van der Waals surface area contributed by atoms with E-state index >= 15 is 0 Å². The van der Waals surface area contributed by atoms with Crippen LogP contribution in [0.1, 0.15) is 16.8 Å². The van der Waals surface area contributed by atoms with Gasteiger partial charge in [-0.1, -0.05) is 23.8 Å². The summed E-state index contributed by atoms with van der Waals surface area (Å²) >= 11 is 5.81. The first kappa shape index (κ1) is 13.6. The number of carboxylic acids is 1. The molecule has 2 unspecified atom stereocenters. The van der Waals surface area contributed by atoms with E-state index in [1.807, 2.05) is 0 Å². The van der Waals surface area contributed by atoms with Crippen LogP contribution in [0, 0.1) is 5.92 Å². The Labute approximate surface area is 115 Å². The van der Waals surface area contributed by atoms with Crippen molar-refractivity contribution in [1.82, 2.24) is 0 Å². The summed E-state index contributed by atoms with van der Waals surface area (Å²) in [5.41, 5.74) is 6.07. The highest BCUT2D eigenvalue weighted by molar-refractivity contribution is 6.31. The molecule has 1 aliphatic rings. The molecule has 0 aromatic heterocycles. The van der Waals surface area contributed by atoms with E-state index in [0.29, 0.717) is 12.1 Å². The quantitative estimate of drug-likeness (QED) is 0.737. The fraction of sp³-hybridized carbons (Fsp3) is 0.231. The van der Waals surface area contributed by atoms with Gasteiger partial charge in [-0.25, -0.2) is 4.79 Å². The number of halogens is 1. The Morgan fingerprint density at radius 3 is 2.63 bits per heavy atom. The van der Waals surface area contributed by atoms with E-state index in [9.17, 15) is 9.59 Å². The molecule has 0 aliphatic heterocycles. The fourth-order valence-corrected chi connectivity index (χ4v) is 2.18. The molecule has 19 heavy (non-hydrogen) atoms. The normalized spacial score (nSPS) is 21.4. The van der Waals surface area contributed by atoms with Gasteiger partial charge in [0, 0.05) is 16.8 Å². The van der Waals surface area contributed by atoms with Crippen LogP contribution in [0.15, 0.2) is 30.4 Å². The minimum absolute atomic E-state index is 0.0291. The number of hydrogen-bond acceptors (Lipinski definition) is 3. The third-order valence-electron chi connectivity index (χ3n) is 2.87. The molecular formula is C13H13ClN2O3. The molecule has 1 aromatic rings. The maximum Gasteiger partial charge on any atom is 0.335 e. The second kappa shape index (κ2) is 5.42. The molecule has 1 amide bonds. The SMILES string of the molecule is NC1C=CC(C(=O)Nc2cc(Cl)cc(C(=O)O)c2)C1. The van der Waals surface area contributed by atoms with Crippen LogP contribution < -0.4 is 11.1 Å². The van der Waals surface area contributed by atoms with Crippen molar-refractivity contribution >= 4 is 29.2 Å². The first-order chi connectivity index (χ1) is 8.95. The molecule has 0 radical (unpaired) electrons. The molecule has 1 aliphatic carbocycles. The van der Waals surface area contributed by atoms with Gasteiger partial charge in [0.1, 0.15) is 0 Å². The van der Waals surface area contributed by atoms with Crippen molar-refractivity contribution in [2.45, 2.75) is 12.5 Å². The van der Waals surface area contributed by atoms with E-state index in [4.69, 9.17) is 22.4 Å². The Hall–Kier alpha value is -1.85. The van der Waals surface area contributed by atoms with E-state index in [0.717, 1.165) is 0 Å². The highest BCUT2D eigenvalue weighted by atomic mass is 35.5. The van der Waals surface area contributed by atoms with Gasteiger partial charge in [0.2, 0.25) is 5.91 Å². The van der Waals surface area contributed by atoms with Gasteiger partial charge < -0.3 is 16.2 Å². The molecule has 1 aromatic carbocycles. The largest absolute Gasteiger partial charge is 0.478 e. The average Bonchev–Trinajstić information content (AvgIpc) is 2.75. The summed E-state index contributed by atoms with van der Waals surface area (Å²) in [5, 5.41) is 11.8. The minimum atomic E-state index is -1.10. The first-order valence-electron chi connectivity index (χ1n) is 5.74. The van der Waals surface area contributed by atoms with Crippen LogP contribution in [-0.4, -0.2) is 23.0 Å². The van der Waals surface area contributed by atoms with Crippen LogP contribution >= 0.6 is 11.6 Å². The lowest BCUT2D eigenvalue weighted by Crippen LogP contribution is -2.24. The smallest absolute Gasteiger partial charge is 0.335 e. The standard InChI is InChI=1S/C13H13ClN2O3/c14-9-3-8(13(18)19)5-11(6-9)16-12(17)7-1-2-10(15)4-7/h1-3,5-7,10H,4,15H2,(H,16,17)(H,18,19). The van der Waals surface area contributed by atoms with Crippen molar-refractivity contribution in [3.05, 3.63) is 40.9 Å². The maximum absolute atomic E-state index is 11.9. The molecule has 100 valence electrons. The van der Waals surface area contributed by atoms with Crippen LogP contribution in [0.4, 0.5) is 5.69 Å². The molecule has 0 saturated heterocycles. The van der Waals surface area contributed by atoms with E-state index in [2.05, 4.69) is 5.32 Å². The molecule has 2 atom stereocenters. The number of benzene rings is 1. The minimum Gasteiger partial charge on any atom is -0.478 e. The van der Waals surface area contributed by atoms with Crippen molar-refractivity contribution in [3.8, 4) is 0 Å². The molecule has 0 heterocycles. The summed E-state index contributed by atoms with van der Waals surface area (Å²) in [6.45, 7) is 0. The number of nitrogens with one attached hydrogen (secondary N) is 1. The van der Waals surface area contributed by atoms with Crippen molar-refractivity contribution in [1.29, 1.82) is 0 Å². The highest BCUT2D eigenvalue weighted by Crippen LogP contribution is 2.22. The Bertz CT molecular complexity index is 557. The van der Waals surface area contributed by atoms with E-state index in [-0.39, 0.29) is 28.5 Å². The monoisotopic (exact) mass is 280 g/mol. The maximum atomic E-state index is 11.9. The molecule has 6 heteroatoms. The number of anilines is 1. The number of carboxylic acid groups (broad SMARTS) is 1.